The molecule has 3 N–H and O–H groups in total. The van der Waals surface area contributed by atoms with Gasteiger partial charge in [0.15, 0.2) is 0 Å². The molecular weight excluding hydrogens is 507 g/mol. The number of amides is 1. The van der Waals surface area contributed by atoms with Crippen LogP contribution in [-0.4, -0.2) is 54.2 Å². The zero-order valence-electron chi connectivity index (χ0n) is 20.1. The maximum absolute atomic E-state index is 11.9. The highest BCUT2D eigenvalue weighted by Gasteiger charge is 2.38. The molecule has 1 unspecified atom stereocenters. The minimum Gasteiger partial charge on any atom is -0.475 e. The highest BCUT2D eigenvalue weighted by Crippen LogP contribution is 2.28. The van der Waals surface area contributed by atoms with Crippen LogP contribution >= 0.6 is 0 Å². The molecule has 0 bridgehead atoms. The molecule has 0 radical (unpaired) electrons. The number of anilines is 1. The lowest BCUT2D eigenvalue weighted by molar-refractivity contribution is -0.192. The topological polar surface area (TPSA) is 159 Å². The van der Waals surface area contributed by atoms with Gasteiger partial charge >= 0.3 is 18.2 Å². The van der Waals surface area contributed by atoms with Gasteiger partial charge in [-0.15, -0.1) is 0 Å². The van der Waals surface area contributed by atoms with Gasteiger partial charge in [-0.1, -0.05) is 12.1 Å². The number of hydrogen-bond acceptors (Lipinski definition) is 7. The molecule has 14 heteroatoms. The van der Waals surface area contributed by atoms with E-state index in [1.54, 1.807) is 30.8 Å². The molecule has 0 aliphatic heterocycles. The Hall–Kier alpha value is -4.93. The van der Waals surface area contributed by atoms with Crippen LogP contribution in [0, 0.1) is 11.3 Å². The van der Waals surface area contributed by atoms with Gasteiger partial charge in [0, 0.05) is 29.0 Å². The van der Waals surface area contributed by atoms with Gasteiger partial charge in [-0.05, 0) is 37.6 Å². The molecule has 198 valence electrons. The quantitative estimate of drug-likeness (QED) is 0.318. The third-order valence-electron chi connectivity index (χ3n) is 4.94. The smallest absolute Gasteiger partial charge is 0.475 e. The molecule has 0 aliphatic rings. The number of carbonyl (C=O) groups excluding carboxylic acids is 1. The average molecular weight is 529 g/mol. The Balaban J connectivity index is 0.000000505. The maximum Gasteiger partial charge on any atom is 0.490 e. The number of H-pyrrole nitrogens is 1. The monoisotopic (exact) mass is 529 g/mol. The Labute approximate surface area is 213 Å². The molecule has 11 nitrogen and oxygen atoms in total. The molecule has 1 atom stereocenters. The van der Waals surface area contributed by atoms with Crippen LogP contribution in [0.5, 0.6) is 0 Å². The Kier molecular flexibility index (Phi) is 8.64. The van der Waals surface area contributed by atoms with E-state index in [0.717, 1.165) is 27.9 Å². The SMILES string of the molecule is CC(C)OC(=O)Nc1cccc(C(CC#N)n2cc(-c3ncnc4[nH]ccc34)cn2)c1.O=C(O)C(F)(F)F. The van der Waals surface area contributed by atoms with Crippen LogP contribution in [0.3, 0.4) is 0 Å². The second kappa shape index (κ2) is 11.9. The molecule has 3 heterocycles. The van der Waals surface area contributed by atoms with Crippen molar-refractivity contribution >= 4 is 28.8 Å². The number of hydrogen-bond donors (Lipinski definition) is 3. The largest absolute Gasteiger partial charge is 0.490 e. The van der Waals surface area contributed by atoms with Crippen molar-refractivity contribution in [3.05, 3.63) is 60.8 Å². The van der Waals surface area contributed by atoms with Gasteiger partial charge in [-0.3, -0.25) is 10.00 Å². The van der Waals surface area contributed by atoms with E-state index < -0.39 is 18.2 Å². The number of carboxylic acids is 1. The van der Waals surface area contributed by atoms with E-state index in [0.29, 0.717) is 5.69 Å². The average Bonchev–Trinajstić information content (AvgIpc) is 3.51. The van der Waals surface area contributed by atoms with Crippen molar-refractivity contribution in [2.75, 3.05) is 5.32 Å². The van der Waals surface area contributed by atoms with Gasteiger partial charge in [-0.25, -0.2) is 19.6 Å². The summed E-state index contributed by atoms with van der Waals surface area (Å²) >= 11 is 0. The maximum atomic E-state index is 11.9. The van der Waals surface area contributed by atoms with E-state index in [1.807, 2.05) is 36.7 Å². The van der Waals surface area contributed by atoms with Gasteiger partial charge in [0.05, 0.1) is 36.5 Å². The summed E-state index contributed by atoms with van der Waals surface area (Å²) < 4.78 is 38.6. The Morgan fingerprint density at radius 3 is 2.66 bits per heavy atom. The van der Waals surface area contributed by atoms with E-state index in [4.69, 9.17) is 14.6 Å². The van der Waals surface area contributed by atoms with Crippen LogP contribution in [0.1, 0.15) is 31.9 Å². The molecule has 1 aromatic carbocycles. The van der Waals surface area contributed by atoms with Crippen LogP contribution in [0.2, 0.25) is 0 Å². The number of ether oxygens (including phenoxy) is 1. The molecule has 38 heavy (non-hydrogen) atoms. The Bertz CT molecular complexity index is 1460. The number of alkyl halides is 3. The van der Waals surface area contributed by atoms with Gasteiger partial charge < -0.3 is 14.8 Å². The first-order chi connectivity index (χ1) is 18.0. The number of carboxylic acid groups (broad SMARTS) is 1. The van der Waals surface area contributed by atoms with E-state index in [9.17, 15) is 23.2 Å². The lowest BCUT2D eigenvalue weighted by Gasteiger charge is -2.16. The van der Waals surface area contributed by atoms with Crippen LogP contribution in [-0.2, 0) is 9.53 Å². The molecule has 4 aromatic rings. The molecular formula is C24H22F3N7O4. The number of halogens is 3. The standard InChI is InChI=1S/C22H21N7O2.C2HF3O2/c1-14(2)31-22(30)28-17-5-3-4-15(10-17)19(6-8-23)29-12-16(11-27-29)20-18-7-9-24-21(18)26-13-25-20;3-2(4,5)1(6)7/h3-5,7,9-14,19H,6H2,1-2H3,(H,28,30)(H,24,25,26);(H,6,7). The summed E-state index contributed by atoms with van der Waals surface area (Å²) in [5.41, 5.74) is 3.76. The Morgan fingerprint density at radius 2 is 2.00 bits per heavy atom. The minimum absolute atomic E-state index is 0.213. The molecule has 1 amide bonds. The summed E-state index contributed by atoms with van der Waals surface area (Å²) in [7, 11) is 0. The van der Waals surface area contributed by atoms with Gasteiger partial charge in [0.1, 0.15) is 12.0 Å². The number of carbonyl (C=O) groups is 2. The fraction of sp³-hybridized carbons (Fsp3) is 0.250. The number of nitrogens with zero attached hydrogens (tertiary/aromatic N) is 5. The van der Waals surface area contributed by atoms with E-state index in [1.165, 1.54) is 6.33 Å². The molecule has 0 fully saturated rings. The first-order valence-corrected chi connectivity index (χ1v) is 11.1. The Morgan fingerprint density at radius 1 is 1.26 bits per heavy atom. The van der Waals surface area contributed by atoms with E-state index >= 15 is 0 Å². The van der Waals surface area contributed by atoms with Crippen molar-refractivity contribution in [1.29, 1.82) is 5.26 Å². The lowest BCUT2D eigenvalue weighted by atomic mass is 10.0. The highest BCUT2D eigenvalue weighted by molar-refractivity contribution is 5.90. The predicted molar refractivity (Wildman–Crippen MR) is 129 cm³/mol. The molecule has 0 saturated carbocycles. The number of aromatic nitrogens is 5. The number of aliphatic carboxylic acids is 1. The number of nitriles is 1. The van der Waals surface area contributed by atoms with Gasteiger partial charge in [-0.2, -0.15) is 23.5 Å². The summed E-state index contributed by atoms with van der Waals surface area (Å²) in [6.45, 7) is 3.57. The first-order valence-electron chi connectivity index (χ1n) is 11.1. The minimum atomic E-state index is -5.08. The number of fused-ring (bicyclic) bond motifs is 1. The van der Waals surface area contributed by atoms with Crippen molar-refractivity contribution in [1.82, 2.24) is 24.7 Å². The van der Waals surface area contributed by atoms with Crippen molar-refractivity contribution in [3.8, 4) is 17.3 Å². The molecule has 0 aliphatic carbocycles. The molecule has 0 spiro atoms. The number of benzene rings is 1. The number of aromatic amines is 1. The van der Waals surface area contributed by atoms with Crippen LogP contribution in [0.25, 0.3) is 22.3 Å². The van der Waals surface area contributed by atoms with Crippen molar-refractivity contribution in [3.63, 3.8) is 0 Å². The van der Waals surface area contributed by atoms with Gasteiger partial charge in [0.25, 0.3) is 0 Å². The zero-order chi connectivity index (χ0) is 27.9. The summed E-state index contributed by atoms with van der Waals surface area (Å²) in [4.78, 5) is 32.5. The fourth-order valence-corrected chi connectivity index (χ4v) is 3.37. The second-order valence-electron chi connectivity index (χ2n) is 8.06. The van der Waals surface area contributed by atoms with E-state index in [-0.39, 0.29) is 18.6 Å². The summed E-state index contributed by atoms with van der Waals surface area (Å²) in [5.74, 6) is -2.76. The fourth-order valence-electron chi connectivity index (χ4n) is 3.37. The van der Waals surface area contributed by atoms with Crippen LogP contribution in [0.15, 0.2) is 55.2 Å². The molecule has 4 rings (SSSR count). The third kappa shape index (κ3) is 7.06. The predicted octanol–water partition coefficient (Wildman–Crippen LogP) is 4.91. The summed E-state index contributed by atoms with van der Waals surface area (Å²) in [6, 6.07) is 11.1. The third-order valence-corrected chi connectivity index (χ3v) is 4.94. The first kappa shape index (κ1) is 27.7. The zero-order valence-corrected chi connectivity index (χ0v) is 20.1. The number of nitrogens with one attached hydrogen (secondary N) is 2. The van der Waals surface area contributed by atoms with Crippen LogP contribution in [0.4, 0.5) is 23.7 Å². The summed E-state index contributed by atoms with van der Waals surface area (Å²) in [5, 5.41) is 24.6. The number of rotatable bonds is 6. The molecule has 3 aromatic heterocycles. The molecule has 0 saturated heterocycles. The van der Waals surface area contributed by atoms with Crippen LogP contribution < -0.4 is 5.32 Å². The normalized spacial score (nSPS) is 11.8. The van der Waals surface area contributed by atoms with Gasteiger partial charge in [0.2, 0.25) is 0 Å². The van der Waals surface area contributed by atoms with E-state index in [2.05, 4.69) is 31.4 Å². The van der Waals surface area contributed by atoms with Crippen molar-refractivity contribution in [2.45, 2.75) is 38.6 Å². The highest BCUT2D eigenvalue weighted by atomic mass is 19.4. The second-order valence-corrected chi connectivity index (χ2v) is 8.06. The lowest BCUT2D eigenvalue weighted by Crippen LogP contribution is -2.21. The van der Waals surface area contributed by atoms with Crippen molar-refractivity contribution < 1.29 is 32.6 Å². The summed E-state index contributed by atoms with van der Waals surface area (Å²) in [6.07, 6.45) is 1.29. The van der Waals surface area contributed by atoms with Crippen molar-refractivity contribution in [2.24, 2.45) is 0 Å².